The quantitative estimate of drug-likeness (QED) is 0.757. The van der Waals surface area contributed by atoms with Crippen LogP contribution < -0.4 is 5.32 Å². The van der Waals surface area contributed by atoms with Crippen LogP contribution in [0.15, 0.2) is 0 Å². The summed E-state index contributed by atoms with van der Waals surface area (Å²) >= 11 is 0. The van der Waals surface area contributed by atoms with Gasteiger partial charge in [-0.15, -0.1) is 0 Å². The molecular weight excluding hydrogens is 232 g/mol. The normalized spacial score (nSPS) is 20.8. The second kappa shape index (κ2) is 7.64. The summed E-state index contributed by atoms with van der Waals surface area (Å²) in [5.74, 6) is 0.711. The Bertz CT molecular complexity index is 234. The van der Waals surface area contributed by atoms with Crippen LogP contribution >= 0.6 is 0 Å². The van der Waals surface area contributed by atoms with Crippen molar-refractivity contribution in [3.8, 4) is 0 Å². The van der Waals surface area contributed by atoms with Crippen molar-refractivity contribution in [1.82, 2.24) is 10.2 Å². The van der Waals surface area contributed by atoms with E-state index in [1.165, 1.54) is 38.5 Å². The van der Waals surface area contributed by atoms with E-state index in [1.807, 2.05) is 0 Å². The van der Waals surface area contributed by atoms with Crippen LogP contribution in [0, 0.1) is 5.92 Å². The van der Waals surface area contributed by atoms with Crippen molar-refractivity contribution >= 4 is 0 Å². The van der Waals surface area contributed by atoms with Crippen LogP contribution in [0.1, 0.15) is 73.1 Å². The lowest BCUT2D eigenvalue weighted by molar-refractivity contribution is 0.116. The summed E-state index contributed by atoms with van der Waals surface area (Å²) in [6.07, 6.45) is 8.53. The van der Waals surface area contributed by atoms with Crippen molar-refractivity contribution in [3.63, 3.8) is 0 Å². The first-order chi connectivity index (χ1) is 8.81. The Balaban J connectivity index is 2.58. The molecule has 19 heavy (non-hydrogen) atoms. The molecule has 1 atom stereocenters. The van der Waals surface area contributed by atoms with Crippen molar-refractivity contribution < 1.29 is 0 Å². The van der Waals surface area contributed by atoms with E-state index in [0.29, 0.717) is 12.0 Å². The standard InChI is InChI=1S/C17H36N2/c1-14(2)16(13-18-17(3,4)5)19(6)15-11-9-7-8-10-12-15/h14-16,18H,7-13H2,1-6H3. The maximum Gasteiger partial charge on any atom is 0.0243 e. The minimum atomic E-state index is 0.220. The van der Waals surface area contributed by atoms with Crippen molar-refractivity contribution in [1.29, 1.82) is 0 Å². The lowest BCUT2D eigenvalue weighted by atomic mass is 9.97. The fraction of sp³-hybridized carbons (Fsp3) is 1.00. The molecule has 114 valence electrons. The summed E-state index contributed by atoms with van der Waals surface area (Å²) in [5, 5.41) is 3.70. The summed E-state index contributed by atoms with van der Waals surface area (Å²) in [4.78, 5) is 2.68. The van der Waals surface area contributed by atoms with Gasteiger partial charge >= 0.3 is 0 Å². The molecule has 2 nitrogen and oxygen atoms in total. The Hall–Kier alpha value is -0.0800. The zero-order valence-corrected chi connectivity index (χ0v) is 14.1. The van der Waals surface area contributed by atoms with E-state index in [2.05, 4.69) is 51.9 Å². The molecule has 0 spiro atoms. The van der Waals surface area contributed by atoms with Crippen LogP contribution in [0.5, 0.6) is 0 Å². The molecule has 0 amide bonds. The van der Waals surface area contributed by atoms with Gasteiger partial charge in [0.05, 0.1) is 0 Å². The molecule has 0 aromatic carbocycles. The van der Waals surface area contributed by atoms with Crippen molar-refractivity contribution in [2.24, 2.45) is 5.92 Å². The second-order valence-electron chi connectivity index (χ2n) is 7.75. The SMILES string of the molecule is CC(C)C(CNC(C)(C)C)N(C)C1CCCCCC1. The summed E-state index contributed by atoms with van der Waals surface area (Å²) in [5.41, 5.74) is 0.220. The van der Waals surface area contributed by atoms with Crippen LogP contribution in [0.4, 0.5) is 0 Å². The highest BCUT2D eigenvalue weighted by Crippen LogP contribution is 2.24. The molecule has 1 fully saturated rings. The monoisotopic (exact) mass is 268 g/mol. The third-order valence-electron chi connectivity index (χ3n) is 4.53. The fourth-order valence-corrected chi connectivity index (χ4v) is 3.20. The largest absolute Gasteiger partial charge is 0.311 e. The molecule has 0 radical (unpaired) electrons. The number of hydrogen-bond acceptors (Lipinski definition) is 2. The number of hydrogen-bond donors (Lipinski definition) is 1. The first-order valence-corrected chi connectivity index (χ1v) is 8.28. The van der Waals surface area contributed by atoms with Gasteiger partial charge in [-0.1, -0.05) is 39.5 Å². The predicted molar refractivity (Wildman–Crippen MR) is 85.6 cm³/mol. The molecule has 0 saturated heterocycles. The van der Waals surface area contributed by atoms with E-state index in [1.54, 1.807) is 0 Å². The van der Waals surface area contributed by atoms with E-state index in [9.17, 15) is 0 Å². The second-order valence-corrected chi connectivity index (χ2v) is 7.75. The Kier molecular flexibility index (Phi) is 6.82. The lowest BCUT2D eigenvalue weighted by Crippen LogP contribution is -2.51. The highest BCUT2D eigenvalue weighted by Gasteiger charge is 2.26. The number of rotatable bonds is 5. The first kappa shape index (κ1) is 17.0. The molecule has 1 aliphatic carbocycles. The summed E-state index contributed by atoms with van der Waals surface area (Å²) < 4.78 is 0. The summed E-state index contributed by atoms with van der Waals surface area (Å²) in [7, 11) is 2.35. The van der Waals surface area contributed by atoms with Crippen molar-refractivity contribution in [2.45, 2.75) is 90.8 Å². The highest BCUT2D eigenvalue weighted by molar-refractivity contribution is 4.84. The van der Waals surface area contributed by atoms with Gasteiger partial charge in [0.25, 0.3) is 0 Å². The zero-order chi connectivity index (χ0) is 14.5. The van der Waals surface area contributed by atoms with Gasteiger partial charge in [0, 0.05) is 24.2 Å². The molecule has 1 unspecified atom stereocenters. The molecule has 2 heteroatoms. The van der Waals surface area contributed by atoms with Gasteiger partial charge < -0.3 is 5.32 Å². The van der Waals surface area contributed by atoms with E-state index in [-0.39, 0.29) is 5.54 Å². The summed E-state index contributed by atoms with van der Waals surface area (Å²) in [6, 6.07) is 1.46. The average molecular weight is 268 g/mol. The van der Waals surface area contributed by atoms with E-state index < -0.39 is 0 Å². The molecule has 1 N–H and O–H groups in total. The fourth-order valence-electron chi connectivity index (χ4n) is 3.20. The number of nitrogens with zero attached hydrogens (tertiary/aromatic N) is 1. The molecule has 0 bridgehead atoms. The lowest BCUT2D eigenvalue weighted by Gasteiger charge is -2.39. The maximum absolute atomic E-state index is 3.70. The third kappa shape index (κ3) is 6.27. The minimum Gasteiger partial charge on any atom is -0.311 e. The predicted octanol–water partition coefficient (Wildman–Crippen LogP) is 4.05. The first-order valence-electron chi connectivity index (χ1n) is 8.28. The Morgan fingerprint density at radius 2 is 1.58 bits per heavy atom. The Labute approximate surface area is 121 Å². The number of nitrogens with one attached hydrogen (secondary N) is 1. The van der Waals surface area contributed by atoms with Crippen LogP contribution in [0.2, 0.25) is 0 Å². The van der Waals surface area contributed by atoms with Gasteiger partial charge in [-0.3, -0.25) is 4.90 Å². The zero-order valence-electron chi connectivity index (χ0n) is 14.1. The van der Waals surface area contributed by atoms with Gasteiger partial charge in [0.15, 0.2) is 0 Å². The van der Waals surface area contributed by atoms with Crippen molar-refractivity contribution in [3.05, 3.63) is 0 Å². The van der Waals surface area contributed by atoms with E-state index in [0.717, 1.165) is 12.6 Å². The molecule has 0 aliphatic heterocycles. The smallest absolute Gasteiger partial charge is 0.0243 e. The molecular formula is C17H36N2. The Morgan fingerprint density at radius 1 is 1.05 bits per heavy atom. The van der Waals surface area contributed by atoms with Crippen LogP contribution in [-0.2, 0) is 0 Å². The third-order valence-corrected chi connectivity index (χ3v) is 4.53. The Morgan fingerprint density at radius 3 is 2.00 bits per heavy atom. The van der Waals surface area contributed by atoms with Crippen molar-refractivity contribution in [2.75, 3.05) is 13.6 Å². The molecule has 0 aromatic heterocycles. The molecule has 1 aliphatic rings. The minimum absolute atomic E-state index is 0.220. The topological polar surface area (TPSA) is 15.3 Å². The average Bonchev–Trinajstić information content (AvgIpc) is 2.55. The molecule has 0 aromatic rings. The molecule has 1 saturated carbocycles. The maximum atomic E-state index is 3.70. The van der Waals surface area contributed by atoms with Crippen LogP contribution in [0.25, 0.3) is 0 Å². The van der Waals surface area contributed by atoms with E-state index in [4.69, 9.17) is 0 Å². The van der Waals surface area contributed by atoms with Crippen LogP contribution in [0.3, 0.4) is 0 Å². The summed E-state index contributed by atoms with van der Waals surface area (Å²) in [6.45, 7) is 12.6. The molecule has 1 rings (SSSR count). The van der Waals surface area contributed by atoms with Gasteiger partial charge in [-0.25, -0.2) is 0 Å². The van der Waals surface area contributed by atoms with Crippen LogP contribution in [-0.4, -0.2) is 36.1 Å². The van der Waals surface area contributed by atoms with Gasteiger partial charge in [0.1, 0.15) is 0 Å². The molecule has 0 heterocycles. The van der Waals surface area contributed by atoms with Gasteiger partial charge in [-0.2, -0.15) is 0 Å². The number of likely N-dealkylation sites (N-methyl/N-ethyl adjacent to an activating group) is 1. The highest BCUT2D eigenvalue weighted by atomic mass is 15.2. The van der Waals surface area contributed by atoms with E-state index >= 15 is 0 Å². The van der Waals surface area contributed by atoms with Gasteiger partial charge in [0.2, 0.25) is 0 Å². The van der Waals surface area contributed by atoms with Gasteiger partial charge in [-0.05, 0) is 46.6 Å².